The molecule has 2 aromatic heterocycles. The van der Waals surface area contributed by atoms with E-state index in [1.807, 2.05) is 30.3 Å². The first kappa shape index (κ1) is 11.2. The number of carbonyl (C=O) groups is 1. The van der Waals surface area contributed by atoms with Gasteiger partial charge in [0.1, 0.15) is 5.82 Å². The Morgan fingerprint density at radius 1 is 1.32 bits per heavy atom. The third-order valence-electron chi connectivity index (χ3n) is 2.84. The molecule has 3 aromatic rings. The first-order valence-electron chi connectivity index (χ1n) is 5.71. The van der Waals surface area contributed by atoms with Crippen molar-refractivity contribution in [3.63, 3.8) is 0 Å². The number of fused-ring (bicyclic) bond motifs is 1. The maximum atomic E-state index is 12.1. The van der Waals surface area contributed by atoms with Crippen LogP contribution in [0, 0.1) is 11.3 Å². The number of H-pyrrole nitrogens is 1. The van der Waals surface area contributed by atoms with E-state index in [0.717, 1.165) is 11.0 Å². The number of nitrogens with one attached hydrogen (secondary N) is 1. The Labute approximate surface area is 108 Å². The number of aromatic nitrogens is 2. The van der Waals surface area contributed by atoms with Crippen LogP contribution in [0.5, 0.6) is 0 Å². The van der Waals surface area contributed by atoms with Crippen molar-refractivity contribution in [1.29, 1.82) is 5.26 Å². The van der Waals surface area contributed by atoms with Crippen LogP contribution in [0.2, 0.25) is 0 Å². The molecule has 0 aliphatic carbocycles. The lowest BCUT2D eigenvalue weighted by molar-refractivity contribution is 0.0949. The fourth-order valence-electron chi connectivity index (χ4n) is 1.91. The van der Waals surface area contributed by atoms with Gasteiger partial charge in [-0.25, -0.2) is 4.98 Å². The molecule has 1 N–H and O–H groups in total. The highest BCUT2D eigenvalue weighted by atomic mass is 16.3. The number of imidazole rings is 1. The number of para-hydroxylation sites is 2. The molecule has 1 atom stereocenters. The zero-order chi connectivity index (χ0) is 13.2. The maximum Gasteiger partial charge on any atom is 0.222 e. The fraction of sp³-hybridized carbons (Fsp3) is 0.0714. The second-order valence-electron chi connectivity index (χ2n) is 4.04. The van der Waals surface area contributed by atoms with E-state index in [1.165, 1.54) is 12.3 Å². The molecule has 0 saturated carbocycles. The average Bonchev–Trinajstić information content (AvgIpc) is 3.08. The predicted octanol–water partition coefficient (Wildman–Crippen LogP) is 2.65. The Morgan fingerprint density at radius 3 is 2.84 bits per heavy atom. The number of hydrogen-bond donors (Lipinski definition) is 1. The molecule has 5 nitrogen and oxygen atoms in total. The number of furan rings is 1. The molecule has 2 heterocycles. The number of nitriles is 1. The van der Waals surface area contributed by atoms with Crippen LogP contribution in [0.15, 0.2) is 47.1 Å². The minimum Gasteiger partial charge on any atom is -0.461 e. The summed E-state index contributed by atoms with van der Waals surface area (Å²) in [6, 6.07) is 12.5. The van der Waals surface area contributed by atoms with Gasteiger partial charge in [-0.2, -0.15) is 5.26 Å². The van der Waals surface area contributed by atoms with E-state index >= 15 is 0 Å². The van der Waals surface area contributed by atoms with Crippen molar-refractivity contribution in [2.24, 2.45) is 0 Å². The van der Waals surface area contributed by atoms with E-state index in [-0.39, 0.29) is 5.76 Å². The van der Waals surface area contributed by atoms with Crippen LogP contribution in [0.25, 0.3) is 11.0 Å². The molecular weight excluding hydrogens is 242 g/mol. The van der Waals surface area contributed by atoms with Crippen LogP contribution < -0.4 is 0 Å². The summed E-state index contributed by atoms with van der Waals surface area (Å²) in [4.78, 5) is 19.4. The summed E-state index contributed by atoms with van der Waals surface area (Å²) in [5, 5.41) is 9.20. The summed E-state index contributed by atoms with van der Waals surface area (Å²) in [5.74, 6) is -0.887. The van der Waals surface area contributed by atoms with Crippen LogP contribution in [0.1, 0.15) is 22.3 Å². The van der Waals surface area contributed by atoms with Crippen molar-refractivity contribution in [3.05, 3.63) is 54.2 Å². The van der Waals surface area contributed by atoms with Crippen molar-refractivity contribution in [3.8, 4) is 6.07 Å². The predicted molar refractivity (Wildman–Crippen MR) is 67.5 cm³/mol. The molecule has 92 valence electrons. The van der Waals surface area contributed by atoms with Crippen molar-refractivity contribution in [2.45, 2.75) is 5.92 Å². The molecule has 0 amide bonds. The minimum absolute atomic E-state index is 0.159. The lowest BCUT2D eigenvalue weighted by atomic mass is 10.0. The van der Waals surface area contributed by atoms with Gasteiger partial charge in [-0.15, -0.1) is 0 Å². The number of nitrogens with zero attached hydrogens (tertiary/aromatic N) is 2. The van der Waals surface area contributed by atoms with Crippen molar-refractivity contribution < 1.29 is 9.21 Å². The summed E-state index contributed by atoms with van der Waals surface area (Å²) < 4.78 is 5.03. The SMILES string of the molecule is N#CC(C(=O)c1ccco1)c1nc2ccccc2[nH]1. The average molecular weight is 251 g/mol. The van der Waals surface area contributed by atoms with Crippen molar-refractivity contribution in [2.75, 3.05) is 0 Å². The van der Waals surface area contributed by atoms with Gasteiger partial charge in [0.2, 0.25) is 5.78 Å². The number of benzene rings is 1. The first-order valence-corrected chi connectivity index (χ1v) is 5.71. The number of carbonyl (C=O) groups excluding carboxylic acids is 1. The summed E-state index contributed by atoms with van der Waals surface area (Å²) in [5.41, 5.74) is 1.52. The Kier molecular flexibility index (Phi) is 2.62. The van der Waals surface area contributed by atoms with Gasteiger partial charge in [-0.05, 0) is 24.3 Å². The van der Waals surface area contributed by atoms with Gasteiger partial charge < -0.3 is 9.40 Å². The normalized spacial score (nSPS) is 12.2. The largest absolute Gasteiger partial charge is 0.461 e. The van der Waals surface area contributed by atoms with Crippen LogP contribution in [-0.4, -0.2) is 15.8 Å². The lowest BCUT2D eigenvalue weighted by Crippen LogP contribution is -2.11. The number of ketones is 1. The van der Waals surface area contributed by atoms with Gasteiger partial charge in [-0.1, -0.05) is 12.1 Å². The fourth-order valence-corrected chi connectivity index (χ4v) is 1.91. The van der Waals surface area contributed by atoms with Gasteiger partial charge in [0.15, 0.2) is 11.7 Å². The summed E-state index contributed by atoms with van der Waals surface area (Å²) >= 11 is 0. The van der Waals surface area contributed by atoms with E-state index in [9.17, 15) is 10.1 Å². The highest BCUT2D eigenvalue weighted by Gasteiger charge is 2.26. The molecule has 0 aliphatic heterocycles. The lowest BCUT2D eigenvalue weighted by Gasteiger charge is -2.01. The Morgan fingerprint density at radius 2 is 2.16 bits per heavy atom. The van der Waals surface area contributed by atoms with Gasteiger partial charge >= 0.3 is 0 Å². The molecule has 1 aromatic carbocycles. The summed E-state index contributed by atoms with van der Waals surface area (Å²) in [6.07, 6.45) is 1.40. The molecule has 0 fully saturated rings. The highest BCUT2D eigenvalue weighted by Crippen LogP contribution is 2.21. The molecule has 5 heteroatoms. The first-order chi connectivity index (χ1) is 9.29. The Balaban J connectivity index is 2.03. The summed E-state index contributed by atoms with van der Waals surface area (Å²) in [7, 11) is 0. The number of aromatic amines is 1. The molecule has 19 heavy (non-hydrogen) atoms. The van der Waals surface area contributed by atoms with E-state index in [2.05, 4.69) is 9.97 Å². The molecule has 0 radical (unpaired) electrons. The second-order valence-corrected chi connectivity index (χ2v) is 4.04. The van der Waals surface area contributed by atoms with Crippen molar-refractivity contribution in [1.82, 2.24) is 9.97 Å². The molecule has 0 aliphatic rings. The molecule has 1 unspecified atom stereocenters. The zero-order valence-corrected chi connectivity index (χ0v) is 9.83. The van der Waals surface area contributed by atoms with E-state index in [0.29, 0.717) is 5.82 Å². The number of hydrogen-bond acceptors (Lipinski definition) is 4. The molecular formula is C14H9N3O2. The third-order valence-corrected chi connectivity index (χ3v) is 2.84. The monoisotopic (exact) mass is 251 g/mol. The molecule has 0 bridgehead atoms. The number of Topliss-reactive ketones (excluding diaryl/α,β-unsaturated/α-hetero) is 1. The zero-order valence-electron chi connectivity index (χ0n) is 9.83. The smallest absolute Gasteiger partial charge is 0.222 e. The molecule has 0 spiro atoms. The Hall–Kier alpha value is -2.87. The Bertz CT molecular complexity index is 732. The molecule has 3 rings (SSSR count). The van der Waals surface area contributed by atoms with Gasteiger partial charge in [0, 0.05) is 0 Å². The van der Waals surface area contributed by atoms with Crippen LogP contribution >= 0.6 is 0 Å². The van der Waals surface area contributed by atoms with Crippen LogP contribution in [0.4, 0.5) is 0 Å². The van der Waals surface area contributed by atoms with Crippen molar-refractivity contribution >= 4 is 16.8 Å². The van der Waals surface area contributed by atoms with E-state index < -0.39 is 11.7 Å². The van der Waals surface area contributed by atoms with E-state index in [1.54, 1.807) is 6.07 Å². The van der Waals surface area contributed by atoms with Gasteiger partial charge in [0.25, 0.3) is 0 Å². The van der Waals surface area contributed by atoms with Gasteiger partial charge in [-0.3, -0.25) is 4.79 Å². The summed E-state index contributed by atoms with van der Waals surface area (Å²) in [6.45, 7) is 0. The minimum atomic E-state index is -0.987. The van der Waals surface area contributed by atoms with Crippen LogP contribution in [0.3, 0.4) is 0 Å². The topological polar surface area (TPSA) is 82.7 Å². The number of rotatable bonds is 3. The highest BCUT2D eigenvalue weighted by molar-refractivity contribution is 6.00. The van der Waals surface area contributed by atoms with Crippen LogP contribution in [-0.2, 0) is 0 Å². The second kappa shape index (κ2) is 4.42. The third kappa shape index (κ3) is 1.89. The van der Waals surface area contributed by atoms with Gasteiger partial charge in [0.05, 0.1) is 23.4 Å². The maximum absolute atomic E-state index is 12.1. The van der Waals surface area contributed by atoms with E-state index in [4.69, 9.17) is 4.42 Å². The standard InChI is InChI=1S/C14H9N3O2/c15-8-9(13(18)12-6-3-7-19-12)14-16-10-4-1-2-5-11(10)17-14/h1-7,9H,(H,16,17). The molecule has 0 saturated heterocycles. The quantitative estimate of drug-likeness (QED) is 0.725.